The van der Waals surface area contributed by atoms with Crippen molar-refractivity contribution < 1.29 is 5.11 Å². The minimum atomic E-state index is 0.208. The molecule has 1 heterocycles. The Hall–Kier alpha value is -1.52. The molecule has 2 N–H and O–H groups in total. The molecule has 1 aromatic heterocycles. The summed E-state index contributed by atoms with van der Waals surface area (Å²) in [4.78, 5) is 8.98. The second-order valence-electron chi connectivity index (χ2n) is 5.09. The van der Waals surface area contributed by atoms with Crippen molar-refractivity contribution in [2.75, 3.05) is 6.61 Å². The largest absolute Gasteiger partial charge is 0.396 e. The molecule has 0 fully saturated rings. The number of aromatic nitrogens is 2. The molecule has 0 aliphatic rings. The number of fused-ring (bicyclic) bond motifs is 1. The Kier molecular flexibility index (Phi) is 4.82. The molecule has 0 bridgehead atoms. The molecule has 0 radical (unpaired) electrons. The molecule has 102 valence electrons. The van der Waals surface area contributed by atoms with Crippen molar-refractivity contribution >= 4 is 11.0 Å². The smallest absolute Gasteiger partial charge is 0.0890 e. The monoisotopic (exact) mass is 259 g/mol. The van der Waals surface area contributed by atoms with E-state index in [1.165, 1.54) is 0 Å². The summed E-state index contributed by atoms with van der Waals surface area (Å²) >= 11 is 0. The van der Waals surface area contributed by atoms with Gasteiger partial charge in [0.2, 0.25) is 0 Å². The fourth-order valence-corrected chi connectivity index (χ4v) is 2.13. The molecule has 1 atom stereocenters. The summed E-state index contributed by atoms with van der Waals surface area (Å²) < 4.78 is 0. The van der Waals surface area contributed by atoms with E-state index in [0.29, 0.717) is 18.5 Å². The molecule has 0 saturated heterocycles. The van der Waals surface area contributed by atoms with Crippen LogP contribution in [0.25, 0.3) is 11.0 Å². The predicted octanol–water partition coefficient (Wildman–Crippen LogP) is 2.13. The number of hydrogen-bond donors (Lipinski definition) is 2. The van der Waals surface area contributed by atoms with Crippen molar-refractivity contribution in [3.8, 4) is 0 Å². The van der Waals surface area contributed by atoms with Crippen LogP contribution >= 0.6 is 0 Å². The van der Waals surface area contributed by atoms with E-state index in [0.717, 1.165) is 23.1 Å². The highest BCUT2D eigenvalue weighted by molar-refractivity contribution is 5.73. The van der Waals surface area contributed by atoms with E-state index in [9.17, 15) is 0 Å². The van der Waals surface area contributed by atoms with Crippen LogP contribution in [-0.2, 0) is 6.54 Å². The van der Waals surface area contributed by atoms with Gasteiger partial charge in [-0.2, -0.15) is 0 Å². The third-order valence-electron chi connectivity index (χ3n) is 3.29. The minimum Gasteiger partial charge on any atom is -0.396 e. The van der Waals surface area contributed by atoms with E-state index in [2.05, 4.69) is 29.1 Å². The van der Waals surface area contributed by atoms with E-state index in [1.807, 2.05) is 30.5 Å². The third-order valence-corrected chi connectivity index (χ3v) is 3.29. The number of rotatable bonds is 6. The molecule has 1 unspecified atom stereocenters. The Bertz CT molecular complexity index is 528. The van der Waals surface area contributed by atoms with Crippen molar-refractivity contribution in [2.24, 2.45) is 5.92 Å². The van der Waals surface area contributed by atoms with Crippen LogP contribution in [0.15, 0.2) is 30.5 Å². The van der Waals surface area contributed by atoms with Crippen LogP contribution in [0, 0.1) is 5.92 Å². The van der Waals surface area contributed by atoms with Gasteiger partial charge in [-0.1, -0.05) is 26.0 Å². The normalized spacial score (nSPS) is 13.1. The molecule has 4 heteroatoms. The van der Waals surface area contributed by atoms with E-state index >= 15 is 0 Å². The summed E-state index contributed by atoms with van der Waals surface area (Å²) in [6.45, 7) is 5.19. The van der Waals surface area contributed by atoms with Crippen LogP contribution in [0.3, 0.4) is 0 Å². The fourth-order valence-electron chi connectivity index (χ4n) is 2.13. The van der Waals surface area contributed by atoms with Crippen LogP contribution in [0.5, 0.6) is 0 Å². The van der Waals surface area contributed by atoms with Gasteiger partial charge in [0, 0.05) is 19.2 Å². The van der Waals surface area contributed by atoms with Gasteiger partial charge in [0.05, 0.1) is 22.9 Å². The fraction of sp³-hybridized carbons (Fsp3) is 0.467. The number of benzene rings is 1. The van der Waals surface area contributed by atoms with Crippen molar-refractivity contribution in [3.63, 3.8) is 0 Å². The zero-order valence-corrected chi connectivity index (χ0v) is 11.5. The van der Waals surface area contributed by atoms with Gasteiger partial charge in [0.15, 0.2) is 0 Å². The number of aliphatic hydroxyl groups excluding tert-OH is 1. The number of para-hydroxylation sites is 2. The highest BCUT2D eigenvalue weighted by Crippen LogP contribution is 2.10. The maximum absolute atomic E-state index is 9.06. The molecule has 0 spiro atoms. The summed E-state index contributed by atoms with van der Waals surface area (Å²) in [5.74, 6) is 0.487. The topological polar surface area (TPSA) is 58.0 Å². The van der Waals surface area contributed by atoms with Gasteiger partial charge >= 0.3 is 0 Å². The van der Waals surface area contributed by atoms with Crippen LogP contribution in [0.2, 0.25) is 0 Å². The lowest BCUT2D eigenvalue weighted by Crippen LogP contribution is -2.34. The first-order chi connectivity index (χ1) is 9.20. The zero-order chi connectivity index (χ0) is 13.7. The highest BCUT2D eigenvalue weighted by Gasteiger charge is 2.12. The van der Waals surface area contributed by atoms with E-state index in [1.54, 1.807) is 0 Å². The summed E-state index contributed by atoms with van der Waals surface area (Å²) in [7, 11) is 0. The van der Waals surface area contributed by atoms with Crippen LogP contribution in [0.4, 0.5) is 0 Å². The molecular weight excluding hydrogens is 238 g/mol. The summed E-state index contributed by atoms with van der Waals surface area (Å²) in [6.07, 6.45) is 2.57. The highest BCUT2D eigenvalue weighted by atomic mass is 16.3. The molecular formula is C15H21N3O. The van der Waals surface area contributed by atoms with Gasteiger partial charge in [-0.15, -0.1) is 0 Å². The third kappa shape index (κ3) is 3.72. The lowest BCUT2D eigenvalue weighted by Gasteiger charge is -2.21. The SMILES string of the molecule is CC(C)C(CCO)NCc1cnc2ccccc2n1. The second-order valence-corrected chi connectivity index (χ2v) is 5.09. The maximum Gasteiger partial charge on any atom is 0.0890 e. The van der Waals surface area contributed by atoms with Gasteiger partial charge in [0.1, 0.15) is 0 Å². The molecule has 0 saturated carbocycles. The van der Waals surface area contributed by atoms with Crippen molar-refractivity contribution in [2.45, 2.75) is 32.9 Å². The Morgan fingerprint density at radius 2 is 1.95 bits per heavy atom. The molecule has 2 rings (SSSR count). The van der Waals surface area contributed by atoms with Crippen LogP contribution in [0.1, 0.15) is 26.0 Å². The van der Waals surface area contributed by atoms with Crippen LogP contribution < -0.4 is 5.32 Å². The van der Waals surface area contributed by atoms with Gasteiger partial charge in [-0.05, 0) is 24.5 Å². The zero-order valence-electron chi connectivity index (χ0n) is 11.5. The lowest BCUT2D eigenvalue weighted by atomic mass is 10.0. The van der Waals surface area contributed by atoms with Gasteiger partial charge < -0.3 is 10.4 Å². The van der Waals surface area contributed by atoms with Crippen molar-refractivity contribution in [1.29, 1.82) is 0 Å². The first-order valence-corrected chi connectivity index (χ1v) is 6.75. The van der Waals surface area contributed by atoms with Gasteiger partial charge in [0.25, 0.3) is 0 Å². The Morgan fingerprint density at radius 1 is 1.21 bits per heavy atom. The molecule has 0 aliphatic carbocycles. The van der Waals surface area contributed by atoms with Crippen LogP contribution in [-0.4, -0.2) is 27.7 Å². The predicted molar refractivity (Wildman–Crippen MR) is 76.7 cm³/mol. The average Bonchev–Trinajstić information content (AvgIpc) is 2.43. The number of hydrogen-bond acceptors (Lipinski definition) is 4. The molecule has 1 aromatic carbocycles. The number of nitrogens with one attached hydrogen (secondary N) is 1. The first kappa shape index (κ1) is 13.9. The molecule has 2 aromatic rings. The Labute approximate surface area is 113 Å². The number of aliphatic hydroxyl groups is 1. The van der Waals surface area contributed by atoms with Crippen molar-refractivity contribution in [3.05, 3.63) is 36.2 Å². The second kappa shape index (κ2) is 6.59. The molecule has 19 heavy (non-hydrogen) atoms. The summed E-state index contributed by atoms with van der Waals surface area (Å²) in [6, 6.07) is 8.17. The van der Waals surface area contributed by atoms with E-state index in [-0.39, 0.29) is 6.61 Å². The Morgan fingerprint density at radius 3 is 2.63 bits per heavy atom. The number of nitrogens with zero attached hydrogens (tertiary/aromatic N) is 2. The first-order valence-electron chi connectivity index (χ1n) is 6.75. The van der Waals surface area contributed by atoms with Crippen molar-refractivity contribution in [1.82, 2.24) is 15.3 Å². The van der Waals surface area contributed by atoms with E-state index in [4.69, 9.17) is 5.11 Å². The Balaban J connectivity index is 2.04. The minimum absolute atomic E-state index is 0.208. The quantitative estimate of drug-likeness (QED) is 0.834. The van der Waals surface area contributed by atoms with E-state index < -0.39 is 0 Å². The van der Waals surface area contributed by atoms with Gasteiger partial charge in [-0.3, -0.25) is 4.98 Å². The average molecular weight is 259 g/mol. The summed E-state index contributed by atoms with van der Waals surface area (Å²) in [5.41, 5.74) is 2.77. The lowest BCUT2D eigenvalue weighted by molar-refractivity contribution is 0.243. The standard InChI is InChI=1S/C15H21N3O/c1-11(2)13(7-8-19)16-9-12-10-17-14-5-3-4-6-15(14)18-12/h3-6,10-11,13,16,19H,7-9H2,1-2H3. The molecule has 0 aliphatic heterocycles. The van der Waals surface area contributed by atoms with Gasteiger partial charge in [-0.25, -0.2) is 4.98 Å². The maximum atomic E-state index is 9.06. The molecule has 0 amide bonds. The summed E-state index contributed by atoms with van der Waals surface area (Å²) in [5, 5.41) is 12.5. The molecule has 4 nitrogen and oxygen atoms in total.